The van der Waals surface area contributed by atoms with Crippen LogP contribution in [0.1, 0.15) is 16.0 Å². The molecule has 0 bridgehead atoms. The van der Waals surface area contributed by atoms with Gasteiger partial charge in [-0.1, -0.05) is 57.9 Å². The van der Waals surface area contributed by atoms with E-state index >= 15 is 0 Å². The fourth-order valence-electron chi connectivity index (χ4n) is 2.56. The van der Waals surface area contributed by atoms with E-state index in [2.05, 4.69) is 26.2 Å². The molecule has 1 heterocycles. The van der Waals surface area contributed by atoms with E-state index in [4.69, 9.17) is 11.6 Å². The van der Waals surface area contributed by atoms with Crippen molar-refractivity contribution in [2.75, 3.05) is 11.1 Å². The summed E-state index contributed by atoms with van der Waals surface area (Å²) in [6, 6.07) is 14.5. The predicted octanol–water partition coefficient (Wildman–Crippen LogP) is 4.70. The van der Waals surface area contributed by atoms with Gasteiger partial charge in [0.25, 0.3) is 0 Å². The third kappa shape index (κ3) is 6.13. The first kappa shape index (κ1) is 21.0. The standard InChI is InChI=1S/C19H16BrClN2O3S2/c20-15-6-3-4-13(8-15)11-28(25,26)12-18(24)23-19-22-10-16(27-19)9-14-5-1-2-7-17(14)21/h1-8,10H,9,11-12H2,(H,22,23,24). The average Bonchev–Trinajstić information content (AvgIpc) is 3.02. The molecule has 0 atom stereocenters. The van der Waals surface area contributed by atoms with Gasteiger partial charge >= 0.3 is 0 Å². The van der Waals surface area contributed by atoms with E-state index in [0.29, 0.717) is 22.1 Å². The van der Waals surface area contributed by atoms with Gasteiger partial charge in [0.1, 0.15) is 5.75 Å². The number of carbonyl (C=O) groups excluding carboxylic acids is 1. The van der Waals surface area contributed by atoms with Crippen LogP contribution in [0.2, 0.25) is 5.02 Å². The van der Waals surface area contributed by atoms with Crippen molar-refractivity contribution >= 4 is 59.7 Å². The maximum absolute atomic E-state index is 12.3. The van der Waals surface area contributed by atoms with E-state index in [1.807, 2.05) is 30.3 Å². The number of aromatic nitrogens is 1. The zero-order chi connectivity index (χ0) is 20.1. The highest BCUT2D eigenvalue weighted by Gasteiger charge is 2.19. The lowest BCUT2D eigenvalue weighted by Crippen LogP contribution is -2.23. The summed E-state index contributed by atoms with van der Waals surface area (Å²) in [4.78, 5) is 17.2. The molecule has 0 saturated heterocycles. The minimum atomic E-state index is -3.59. The van der Waals surface area contributed by atoms with Crippen LogP contribution in [0.4, 0.5) is 5.13 Å². The lowest BCUT2D eigenvalue weighted by Gasteiger charge is -2.05. The Bertz CT molecular complexity index is 1100. The highest BCUT2D eigenvalue weighted by molar-refractivity contribution is 9.10. The highest BCUT2D eigenvalue weighted by Crippen LogP contribution is 2.24. The molecule has 0 aliphatic heterocycles. The maximum atomic E-state index is 12.3. The number of nitrogens with zero attached hydrogens (tertiary/aromatic N) is 1. The number of amides is 1. The van der Waals surface area contributed by atoms with Gasteiger partial charge in [-0.15, -0.1) is 11.3 Å². The summed E-state index contributed by atoms with van der Waals surface area (Å²) in [5.41, 5.74) is 1.58. The molecule has 0 fully saturated rings. The molecule has 0 radical (unpaired) electrons. The first-order chi connectivity index (χ1) is 13.3. The minimum Gasteiger partial charge on any atom is -0.301 e. The Morgan fingerprint density at radius 3 is 2.71 bits per heavy atom. The van der Waals surface area contributed by atoms with Crippen LogP contribution in [-0.4, -0.2) is 25.1 Å². The van der Waals surface area contributed by atoms with E-state index in [0.717, 1.165) is 14.9 Å². The summed E-state index contributed by atoms with van der Waals surface area (Å²) in [7, 11) is -3.59. The van der Waals surface area contributed by atoms with Crippen LogP contribution in [0.5, 0.6) is 0 Å². The molecule has 1 N–H and O–H groups in total. The van der Waals surface area contributed by atoms with Gasteiger partial charge in [-0.3, -0.25) is 4.79 Å². The van der Waals surface area contributed by atoms with Gasteiger partial charge in [-0.2, -0.15) is 0 Å². The number of sulfone groups is 1. The number of anilines is 1. The number of rotatable bonds is 7. The van der Waals surface area contributed by atoms with Crippen LogP contribution in [0.25, 0.3) is 0 Å². The van der Waals surface area contributed by atoms with E-state index in [-0.39, 0.29) is 5.75 Å². The van der Waals surface area contributed by atoms with Gasteiger partial charge in [-0.25, -0.2) is 13.4 Å². The Hall–Kier alpha value is -1.74. The second kappa shape index (κ2) is 9.17. The SMILES string of the molecule is O=C(CS(=O)(=O)Cc1cccc(Br)c1)Nc1ncc(Cc2ccccc2Cl)s1. The van der Waals surface area contributed by atoms with Gasteiger partial charge < -0.3 is 5.32 Å². The lowest BCUT2D eigenvalue weighted by atomic mass is 10.1. The Labute approximate surface area is 180 Å². The van der Waals surface area contributed by atoms with Gasteiger partial charge in [0.2, 0.25) is 5.91 Å². The summed E-state index contributed by atoms with van der Waals surface area (Å²) in [5, 5.41) is 3.60. The van der Waals surface area contributed by atoms with Crippen molar-refractivity contribution < 1.29 is 13.2 Å². The van der Waals surface area contributed by atoms with Crippen LogP contribution in [-0.2, 0) is 26.8 Å². The van der Waals surface area contributed by atoms with Crippen molar-refractivity contribution in [3.05, 3.63) is 80.2 Å². The second-order valence-electron chi connectivity index (χ2n) is 6.11. The smallest absolute Gasteiger partial charge is 0.241 e. The van der Waals surface area contributed by atoms with Crippen LogP contribution in [0, 0.1) is 0 Å². The maximum Gasteiger partial charge on any atom is 0.241 e. The molecule has 28 heavy (non-hydrogen) atoms. The summed E-state index contributed by atoms with van der Waals surface area (Å²) < 4.78 is 25.4. The number of carbonyl (C=O) groups is 1. The molecule has 0 spiro atoms. The Morgan fingerprint density at radius 2 is 1.96 bits per heavy atom. The van der Waals surface area contributed by atoms with Crippen molar-refractivity contribution in [3.8, 4) is 0 Å². The molecule has 2 aromatic carbocycles. The van der Waals surface area contributed by atoms with E-state index in [1.165, 1.54) is 11.3 Å². The monoisotopic (exact) mass is 498 g/mol. The molecule has 0 aliphatic rings. The minimum absolute atomic E-state index is 0.199. The largest absolute Gasteiger partial charge is 0.301 e. The van der Waals surface area contributed by atoms with Crippen LogP contribution in [0.15, 0.2) is 59.2 Å². The Morgan fingerprint density at radius 1 is 1.18 bits per heavy atom. The van der Waals surface area contributed by atoms with Crippen molar-refractivity contribution in [2.24, 2.45) is 0 Å². The molecule has 0 aliphatic carbocycles. The van der Waals surface area contributed by atoms with Gasteiger partial charge in [0.15, 0.2) is 15.0 Å². The number of nitrogens with one attached hydrogen (secondary N) is 1. The quantitative estimate of drug-likeness (QED) is 0.511. The normalized spacial score (nSPS) is 11.4. The highest BCUT2D eigenvalue weighted by atomic mass is 79.9. The summed E-state index contributed by atoms with van der Waals surface area (Å²) in [6.07, 6.45) is 2.24. The molecular weight excluding hydrogens is 484 g/mol. The number of hydrogen-bond acceptors (Lipinski definition) is 5. The first-order valence-electron chi connectivity index (χ1n) is 8.23. The van der Waals surface area contributed by atoms with E-state index in [1.54, 1.807) is 24.4 Å². The number of benzene rings is 2. The Balaban J connectivity index is 1.59. The van der Waals surface area contributed by atoms with Crippen LogP contribution in [0.3, 0.4) is 0 Å². The third-order valence-corrected chi connectivity index (χ3v) is 7.00. The molecule has 1 amide bonds. The molecule has 3 rings (SSSR count). The van der Waals surface area contributed by atoms with Gasteiger partial charge in [0.05, 0.1) is 5.75 Å². The fourth-order valence-corrected chi connectivity index (χ4v) is 5.33. The lowest BCUT2D eigenvalue weighted by molar-refractivity contribution is -0.113. The van der Waals surface area contributed by atoms with Crippen LogP contribution < -0.4 is 5.32 Å². The molecule has 146 valence electrons. The number of thiazole rings is 1. The zero-order valence-electron chi connectivity index (χ0n) is 14.6. The molecule has 1 aromatic heterocycles. The topological polar surface area (TPSA) is 76.1 Å². The summed E-state index contributed by atoms with van der Waals surface area (Å²) in [5.74, 6) is -1.40. The molecule has 9 heteroatoms. The third-order valence-electron chi connectivity index (χ3n) is 3.75. The van der Waals surface area contributed by atoms with E-state index in [9.17, 15) is 13.2 Å². The number of hydrogen-bond donors (Lipinski definition) is 1. The van der Waals surface area contributed by atoms with E-state index < -0.39 is 21.5 Å². The first-order valence-corrected chi connectivity index (χ1v) is 12.0. The predicted molar refractivity (Wildman–Crippen MR) is 117 cm³/mol. The van der Waals surface area contributed by atoms with Crippen molar-refractivity contribution in [1.29, 1.82) is 0 Å². The fraction of sp³-hybridized carbons (Fsp3) is 0.158. The summed E-state index contributed by atoms with van der Waals surface area (Å²) >= 11 is 10.8. The van der Waals surface area contributed by atoms with Crippen molar-refractivity contribution in [3.63, 3.8) is 0 Å². The molecular formula is C19H16BrClN2O3S2. The second-order valence-corrected chi connectivity index (χ2v) is 10.6. The molecule has 0 unspecified atom stereocenters. The Kier molecular flexibility index (Phi) is 6.87. The van der Waals surface area contributed by atoms with Crippen molar-refractivity contribution in [1.82, 2.24) is 4.98 Å². The number of halogens is 2. The molecule has 5 nitrogen and oxygen atoms in total. The van der Waals surface area contributed by atoms with Crippen molar-refractivity contribution in [2.45, 2.75) is 12.2 Å². The molecule has 0 saturated carbocycles. The van der Waals surface area contributed by atoms with Gasteiger partial charge in [0, 0.05) is 27.0 Å². The average molecular weight is 500 g/mol. The molecule has 3 aromatic rings. The zero-order valence-corrected chi connectivity index (χ0v) is 18.5. The van der Waals surface area contributed by atoms with Crippen LogP contribution >= 0.6 is 38.9 Å². The summed E-state index contributed by atoms with van der Waals surface area (Å²) in [6.45, 7) is 0. The van der Waals surface area contributed by atoms with Gasteiger partial charge in [-0.05, 0) is 29.3 Å².